The molecule has 0 saturated carbocycles. The molecular weight excluding hydrogens is 514 g/mol. The summed E-state index contributed by atoms with van der Waals surface area (Å²) in [5.74, 6) is 2.15. The number of aryl methyl sites for hydroxylation is 2. The molecule has 0 radical (unpaired) electrons. The Bertz CT molecular complexity index is 1660. The SMILES string of the molecule is Cc1cc(C2CCN(Cc3nccn3C)CC2)cc2[nH]c(-c3c(NCCn4cc(Cl)cn4)cc[nH]c3=O)nc12. The molecule has 0 bridgehead atoms. The van der Waals surface area contributed by atoms with Gasteiger partial charge in [0.2, 0.25) is 0 Å². The van der Waals surface area contributed by atoms with Crippen molar-refractivity contribution in [1.29, 1.82) is 0 Å². The van der Waals surface area contributed by atoms with E-state index >= 15 is 0 Å². The van der Waals surface area contributed by atoms with Crippen molar-refractivity contribution < 1.29 is 0 Å². The van der Waals surface area contributed by atoms with Gasteiger partial charge in [-0.1, -0.05) is 17.7 Å². The van der Waals surface area contributed by atoms with E-state index in [9.17, 15) is 4.79 Å². The van der Waals surface area contributed by atoms with E-state index in [2.05, 4.69) is 53.9 Å². The first kappa shape index (κ1) is 25.4. The molecule has 5 heterocycles. The van der Waals surface area contributed by atoms with E-state index in [-0.39, 0.29) is 5.56 Å². The molecule has 0 spiro atoms. The maximum absolute atomic E-state index is 12.9. The number of aromatic nitrogens is 7. The van der Waals surface area contributed by atoms with E-state index in [1.807, 2.05) is 25.5 Å². The first-order chi connectivity index (χ1) is 18.9. The molecule has 202 valence electrons. The van der Waals surface area contributed by atoms with Crippen molar-refractivity contribution in [1.82, 2.24) is 39.2 Å². The zero-order valence-corrected chi connectivity index (χ0v) is 22.9. The predicted octanol–water partition coefficient (Wildman–Crippen LogP) is 4.30. The van der Waals surface area contributed by atoms with Crippen LogP contribution in [0.2, 0.25) is 5.02 Å². The van der Waals surface area contributed by atoms with Gasteiger partial charge in [0.05, 0.1) is 41.0 Å². The number of rotatable bonds is 8. The molecule has 1 aliphatic heterocycles. The number of likely N-dealkylation sites (tertiary alicyclic amines) is 1. The Kier molecular flexibility index (Phi) is 6.97. The number of hydrogen-bond acceptors (Lipinski definition) is 6. The van der Waals surface area contributed by atoms with Gasteiger partial charge in [-0.3, -0.25) is 14.4 Å². The molecule has 1 aliphatic rings. The zero-order valence-electron chi connectivity index (χ0n) is 22.1. The van der Waals surface area contributed by atoms with Crippen molar-refractivity contribution in [3.63, 3.8) is 0 Å². The maximum atomic E-state index is 12.9. The molecule has 1 aromatic carbocycles. The zero-order chi connectivity index (χ0) is 26.9. The first-order valence-electron chi connectivity index (χ1n) is 13.3. The number of anilines is 1. The van der Waals surface area contributed by atoms with Gasteiger partial charge >= 0.3 is 0 Å². The molecular formula is C28H32ClN9O. The number of imidazole rings is 2. The van der Waals surface area contributed by atoms with Crippen LogP contribution in [0.25, 0.3) is 22.4 Å². The smallest absolute Gasteiger partial charge is 0.261 e. The van der Waals surface area contributed by atoms with Gasteiger partial charge in [0.25, 0.3) is 5.56 Å². The molecule has 0 unspecified atom stereocenters. The molecule has 10 nitrogen and oxygen atoms in total. The van der Waals surface area contributed by atoms with E-state index in [1.54, 1.807) is 23.3 Å². The molecule has 1 fully saturated rings. The summed E-state index contributed by atoms with van der Waals surface area (Å²) in [5.41, 5.74) is 5.30. The monoisotopic (exact) mass is 545 g/mol. The fourth-order valence-electron chi connectivity index (χ4n) is 5.47. The fraction of sp³-hybridized carbons (Fsp3) is 0.357. The van der Waals surface area contributed by atoms with Gasteiger partial charge in [-0.15, -0.1) is 0 Å². The second-order valence-electron chi connectivity index (χ2n) is 10.3. The number of nitrogens with one attached hydrogen (secondary N) is 3. The van der Waals surface area contributed by atoms with Crippen LogP contribution in [0.3, 0.4) is 0 Å². The molecule has 4 aromatic heterocycles. The predicted molar refractivity (Wildman–Crippen MR) is 153 cm³/mol. The lowest BCUT2D eigenvalue weighted by atomic mass is 9.88. The topological polar surface area (TPSA) is 112 Å². The summed E-state index contributed by atoms with van der Waals surface area (Å²) in [6.07, 6.45) is 11.1. The number of H-pyrrole nitrogens is 2. The Morgan fingerprint density at radius 1 is 1.23 bits per heavy atom. The quantitative estimate of drug-likeness (QED) is 0.268. The van der Waals surface area contributed by atoms with Crippen LogP contribution in [-0.4, -0.2) is 58.8 Å². The highest BCUT2D eigenvalue weighted by Crippen LogP contribution is 2.33. The highest BCUT2D eigenvalue weighted by Gasteiger charge is 2.23. The summed E-state index contributed by atoms with van der Waals surface area (Å²) >= 11 is 5.96. The Balaban J connectivity index is 1.20. The lowest BCUT2D eigenvalue weighted by Gasteiger charge is -2.32. The molecule has 6 rings (SSSR count). The highest BCUT2D eigenvalue weighted by molar-refractivity contribution is 6.30. The van der Waals surface area contributed by atoms with Gasteiger partial charge in [0.1, 0.15) is 17.2 Å². The van der Waals surface area contributed by atoms with E-state index in [0.717, 1.165) is 54.9 Å². The Morgan fingerprint density at radius 3 is 2.82 bits per heavy atom. The fourth-order valence-corrected chi connectivity index (χ4v) is 5.63. The van der Waals surface area contributed by atoms with E-state index in [1.165, 1.54) is 5.56 Å². The second kappa shape index (κ2) is 10.7. The van der Waals surface area contributed by atoms with Crippen LogP contribution in [-0.2, 0) is 20.1 Å². The average Bonchev–Trinajstić information content (AvgIpc) is 3.65. The minimum absolute atomic E-state index is 0.195. The van der Waals surface area contributed by atoms with Crippen LogP contribution < -0.4 is 10.9 Å². The van der Waals surface area contributed by atoms with Gasteiger partial charge in [-0.05, 0) is 62.0 Å². The number of pyridine rings is 1. The summed E-state index contributed by atoms with van der Waals surface area (Å²) in [7, 11) is 2.05. The van der Waals surface area contributed by atoms with Gasteiger partial charge in [-0.2, -0.15) is 5.10 Å². The number of halogens is 1. The van der Waals surface area contributed by atoms with E-state index in [4.69, 9.17) is 16.6 Å². The summed E-state index contributed by atoms with van der Waals surface area (Å²) in [5, 5.41) is 8.16. The van der Waals surface area contributed by atoms with Crippen molar-refractivity contribution in [3.8, 4) is 11.4 Å². The Morgan fingerprint density at radius 2 is 2.08 bits per heavy atom. The number of fused-ring (bicyclic) bond motifs is 1. The van der Waals surface area contributed by atoms with Crippen molar-refractivity contribution >= 4 is 28.3 Å². The van der Waals surface area contributed by atoms with Gasteiger partial charge in [0.15, 0.2) is 0 Å². The highest BCUT2D eigenvalue weighted by atomic mass is 35.5. The lowest BCUT2D eigenvalue weighted by Crippen LogP contribution is -2.33. The summed E-state index contributed by atoms with van der Waals surface area (Å²) in [6, 6.07) is 6.33. The maximum Gasteiger partial charge on any atom is 0.261 e. The summed E-state index contributed by atoms with van der Waals surface area (Å²) in [6.45, 7) is 6.26. The normalized spacial score (nSPS) is 14.8. The van der Waals surface area contributed by atoms with Gasteiger partial charge < -0.3 is 19.9 Å². The molecule has 0 atom stereocenters. The molecule has 5 aromatic rings. The number of hydrogen-bond donors (Lipinski definition) is 3. The summed E-state index contributed by atoms with van der Waals surface area (Å²) < 4.78 is 3.85. The first-order valence-corrected chi connectivity index (χ1v) is 13.6. The molecule has 3 N–H and O–H groups in total. The van der Waals surface area contributed by atoms with Crippen LogP contribution in [0.1, 0.15) is 35.7 Å². The summed E-state index contributed by atoms with van der Waals surface area (Å²) in [4.78, 5) is 31.0. The third-order valence-corrected chi connectivity index (χ3v) is 7.80. The van der Waals surface area contributed by atoms with Crippen LogP contribution in [0, 0.1) is 6.92 Å². The number of aromatic amines is 2. The standard InChI is InChI=1S/C28H32ClN9O/c1-18-13-20(19-4-9-37(10-5-19)17-24-31-7-11-36(24)2)14-23-26(18)35-27(34-23)25-22(3-6-32-28(25)39)30-8-12-38-16-21(29)15-33-38/h3,6-7,11,13-16,19H,4-5,8-10,12,17H2,1-2H3,(H,34,35)(H2,30,32,39). The Hall–Kier alpha value is -3.89. The van der Waals surface area contributed by atoms with Gasteiger partial charge in [-0.25, -0.2) is 9.97 Å². The molecule has 0 aliphatic carbocycles. The van der Waals surface area contributed by atoms with Crippen LogP contribution >= 0.6 is 11.6 Å². The molecule has 11 heteroatoms. The molecule has 39 heavy (non-hydrogen) atoms. The van der Waals surface area contributed by atoms with Crippen molar-refractivity contribution in [2.45, 2.75) is 38.8 Å². The molecule has 0 amide bonds. The van der Waals surface area contributed by atoms with E-state index in [0.29, 0.717) is 41.1 Å². The third-order valence-electron chi connectivity index (χ3n) is 7.60. The Labute approximate surface area is 231 Å². The number of nitrogens with zero attached hydrogens (tertiary/aromatic N) is 6. The van der Waals surface area contributed by atoms with Crippen LogP contribution in [0.15, 0.2) is 54.0 Å². The lowest BCUT2D eigenvalue weighted by molar-refractivity contribution is 0.198. The minimum Gasteiger partial charge on any atom is -0.382 e. The van der Waals surface area contributed by atoms with Crippen molar-refractivity contribution in [3.05, 3.63) is 81.5 Å². The largest absolute Gasteiger partial charge is 0.382 e. The van der Waals surface area contributed by atoms with Crippen LogP contribution in [0.4, 0.5) is 5.69 Å². The number of benzene rings is 1. The van der Waals surface area contributed by atoms with Gasteiger partial charge in [0, 0.05) is 38.4 Å². The molecule has 1 saturated heterocycles. The minimum atomic E-state index is -0.195. The van der Waals surface area contributed by atoms with Crippen LogP contribution in [0.5, 0.6) is 0 Å². The average molecular weight is 546 g/mol. The van der Waals surface area contributed by atoms with E-state index < -0.39 is 0 Å². The number of piperidine rings is 1. The third kappa shape index (κ3) is 5.35. The van der Waals surface area contributed by atoms with Crippen molar-refractivity contribution in [2.75, 3.05) is 25.0 Å². The second-order valence-corrected chi connectivity index (χ2v) is 10.7. The van der Waals surface area contributed by atoms with Crippen molar-refractivity contribution in [2.24, 2.45) is 7.05 Å².